The SMILES string of the molecule is CC(C)NC(=O)NC(=O)C(C)N1CC(C)OC(C)C1. The Kier molecular flexibility index (Phi) is 5.75. The Morgan fingerprint density at radius 3 is 2.16 bits per heavy atom. The van der Waals surface area contributed by atoms with Gasteiger partial charge < -0.3 is 10.1 Å². The number of imide groups is 1. The highest BCUT2D eigenvalue weighted by molar-refractivity contribution is 5.96. The van der Waals surface area contributed by atoms with Gasteiger partial charge in [0.05, 0.1) is 18.2 Å². The lowest BCUT2D eigenvalue weighted by Crippen LogP contribution is -2.55. The van der Waals surface area contributed by atoms with E-state index in [0.717, 1.165) is 0 Å². The smallest absolute Gasteiger partial charge is 0.321 e. The lowest BCUT2D eigenvalue weighted by atomic mass is 10.1. The molecule has 1 heterocycles. The van der Waals surface area contributed by atoms with Crippen molar-refractivity contribution in [3.63, 3.8) is 0 Å². The van der Waals surface area contributed by atoms with Crippen LogP contribution in [0.15, 0.2) is 0 Å². The zero-order valence-corrected chi connectivity index (χ0v) is 12.4. The summed E-state index contributed by atoms with van der Waals surface area (Å²) in [5, 5.41) is 5.00. The summed E-state index contributed by atoms with van der Waals surface area (Å²) in [4.78, 5) is 25.5. The maximum Gasteiger partial charge on any atom is 0.321 e. The van der Waals surface area contributed by atoms with Gasteiger partial charge in [-0.25, -0.2) is 4.79 Å². The van der Waals surface area contributed by atoms with Gasteiger partial charge in [-0.2, -0.15) is 0 Å². The number of amides is 3. The van der Waals surface area contributed by atoms with Gasteiger partial charge in [0.2, 0.25) is 5.91 Å². The molecule has 6 nitrogen and oxygen atoms in total. The molecular formula is C13H25N3O3. The standard InChI is InChI=1S/C13H25N3O3/c1-8(2)14-13(18)15-12(17)11(5)16-6-9(3)19-10(4)7-16/h8-11H,6-7H2,1-5H3,(H2,14,15,17,18). The number of nitrogens with zero attached hydrogens (tertiary/aromatic N) is 1. The van der Waals surface area contributed by atoms with E-state index in [1.54, 1.807) is 0 Å². The molecule has 1 saturated heterocycles. The molecule has 3 atom stereocenters. The van der Waals surface area contributed by atoms with Crippen molar-refractivity contribution in [2.75, 3.05) is 13.1 Å². The third-order valence-electron chi connectivity index (χ3n) is 3.03. The van der Waals surface area contributed by atoms with E-state index in [-0.39, 0.29) is 30.2 Å². The Labute approximate surface area is 114 Å². The molecule has 6 heteroatoms. The summed E-state index contributed by atoms with van der Waals surface area (Å²) >= 11 is 0. The summed E-state index contributed by atoms with van der Waals surface area (Å²) in [6, 6.07) is -0.778. The van der Waals surface area contributed by atoms with Gasteiger partial charge in [-0.15, -0.1) is 0 Å². The Morgan fingerprint density at radius 1 is 1.16 bits per heavy atom. The fourth-order valence-electron chi connectivity index (χ4n) is 2.21. The fourth-order valence-corrected chi connectivity index (χ4v) is 2.21. The van der Waals surface area contributed by atoms with E-state index in [4.69, 9.17) is 4.74 Å². The number of morpholine rings is 1. The maximum atomic E-state index is 12.0. The molecule has 1 aliphatic rings. The van der Waals surface area contributed by atoms with Crippen LogP contribution < -0.4 is 10.6 Å². The molecule has 0 aromatic rings. The van der Waals surface area contributed by atoms with Crippen LogP contribution in [-0.4, -0.2) is 54.2 Å². The Bertz CT molecular complexity index is 323. The van der Waals surface area contributed by atoms with Crippen LogP contribution in [0.2, 0.25) is 0 Å². The van der Waals surface area contributed by atoms with E-state index in [1.807, 2.05) is 39.5 Å². The molecule has 2 N–H and O–H groups in total. The first-order valence-electron chi connectivity index (χ1n) is 6.80. The summed E-state index contributed by atoms with van der Waals surface area (Å²) in [7, 11) is 0. The second kappa shape index (κ2) is 6.86. The van der Waals surface area contributed by atoms with E-state index < -0.39 is 6.03 Å². The molecule has 19 heavy (non-hydrogen) atoms. The summed E-state index contributed by atoms with van der Waals surface area (Å²) in [6.45, 7) is 10.9. The van der Waals surface area contributed by atoms with Gasteiger partial charge >= 0.3 is 6.03 Å². The summed E-state index contributed by atoms with van der Waals surface area (Å²) in [5.74, 6) is -0.278. The van der Waals surface area contributed by atoms with Crippen molar-refractivity contribution in [2.24, 2.45) is 0 Å². The number of carbonyl (C=O) groups excluding carboxylic acids is 2. The Hall–Kier alpha value is -1.14. The van der Waals surface area contributed by atoms with Crippen LogP contribution in [0, 0.1) is 0 Å². The van der Waals surface area contributed by atoms with Crippen LogP contribution in [0.1, 0.15) is 34.6 Å². The topological polar surface area (TPSA) is 70.7 Å². The normalized spacial score (nSPS) is 26.0. The van der Waals surface area contributed by atoms with E-state index in [1.165, 1.54) is 0 Å². The molecule has 0 spiro atoms. The van der Waals surface area contributed by atoms with E-state index >= 15 is 0 Å². The number of urea groups is 1. The van der Waals surface area contributed by atoms with Gasteiger partial charge in [-0.1, -0.05) is 0 Å². The van der Waals surface area contributed by atoms with Crippen LogP contribution in [0.4, 0.5) is 4.79 Å². The Balaban J connectivity index is 2.49. The highest BCUT2D eigenvalue weighted by Crippen LogP contribution is 2.13. The van der Waals surface area contributed by atoms with Crippen LogP contribution in [-0.2, 0) is 9.53 Å². The average molecular weight is 271 g/mol. The van der Waals surface area contributed by atoms with Gasteiger partial charge in [0.25, 0.3) is 0 Å². The van der Waals surface area contributed by atoms with Crippen molar-refractivity contribution in [3.05, 3.63) is 0 Å². The van der Waals surface area contributed by atoms with Gasteiger partial charge in [-0.05, 0) is 34.6 Å². The third-order valence-corrected chi connectivity index (χ3v) is 3.03. The fraction of sp³-hybridized carbons (Fsp3) is 0.846. The second-order valence-corrected chi connectivity index (χ2v) is 5.50. The van der Waals surface area contributed by atoms with Crippen molar-refractivity contribution >= 4 is 11.9 Å². The first-order chi connectivity index (χ1) is 8.79. The van der Waals surface area contributed by atoms with E-state index in [2.05, 4.69) is 10.6 Å². The molecule has 0 aromatic carbocycles. The van der Waals surface area contributed by atoms with Crippen molar-refractivity contribution < 1.29 is 14.3 Å². The minimum Gasteiger partial charge on any atom is -0.373 e. The first kappa shape index (κ1) is 15.9. The molecule has 0 radical (unpaired) electrons. The van der Waals surface area contributed by atoms with E-state index in [9.17, 15) is 9.59 Å². The van der Waals surface area contributed by atoms with Crippen molar-refractivity contribution in [2.45, 2.75) is 58.9 Å². The summed E-state index contributed by atoms with van der Waals surface area (Å²) < 4.78 is 5.63. The average Bonchev–Trinajstić information content (AvgIpc) is 2.25. The predicted octanol–water partition coefficient (Wildman–Crippen LogP) is 0.718. The van der Waals surface area contributed by atoms with Crippen LogP contribution in [0.25, 0.3) is 0 Å². The second-order valence-electron chi connectivity index (χ2n) is 5.50. The van der Waals surface area contributed by atoms with Gasteiger partial charge in [0.15, 0.2) is 0 Å². The molecule has 0 aromatic heterocycles. The molecule has 0 saturated carbocycles. The van der Waals surface area contributed by atoms with E-state index in [0.29, 0.717) is 13.1 Å². The molecular weight excluding hydrogens is 246 g/mol. The molecule has 0 aliphatic carbocycles. The quantitative estimate of drug-likeness (QED) is 0.793. The molecule has 110 valence electrons. The van der Waals surface area contributed by atoms with Crippen LogP contribution >= 0.6 is 0 Å². The zero-order chi connectivity index (χ0) is 14.6. The molecule has 1 aliphatic heterocycles. The molecule has 1 fully saturated rings. The van der Waals surface area contributed by atoms with Gasteiger partial charge in [0, 0.05) is 19.1 Å². The van der Waals surface area contributed by atoms with Crippen LogP contribution in [0.3, 0.4) is 0 Å². The highest BCUT2D eigenvalue weighted by Gasteiger charge is 2.29. The van der Waals surface area contributed by atoms with Gasteiger partial charge in [-0.3, -0.25) is 15.0 Å². The van der Waals surface area contributed by atoms with Crippen molar-refractivity contribution in [1.82, 2.24) is 15.5 Å². The summed E-state index contributed by atoms with van der Waals surface area (Å²) in [6.07, 6.45) is 0.201. The molecule has 3 amide bonds. The number of rotatable bonds is 3. The minimum atomic E-state index is -0.443. The highest BCUT2D eigenvalue weighted by atomic mass is 16.5. The number of carbonyl (C=O) groups is 2. The zero-order valence-electron chi connectivity index (χ0n) is 12.4. The largest absolute Gasteiger partial charge is 0.373 e. The van der Waals surface area contributed by atoms with Crippen molar-refractivity contribution in [3.8, 4) is 0 Å². The summed E-state index contributed by atoms with van der Waals surface area (Å²) in [5.41, 5.74) is 0. The van der Waals surface area contributed by atoms with Crippen LogP contribution in [0.5, 0.6) is 0 Å². The lowest BCUT2D eigenvalue weighted by molar-refractivity contribution is -0.130. The van der Waals surface area contributed by atoms with Crippen molar-refractivity contribution in [1.29, 1.82) is 0 Å². The van der Waals surface area contributed by atoms with Gasteiger partial charge in [0.1, 0.15) is 0 Å². The lowest BCUT2D eigenvalue weighted by Gasteiger charge is -2.38. The number of nitrogens with one attached hydrogen (secondary N) is 2. The number of ether oxygens (including phenoxy) is 1. The first-order valence-corrected chi connectivity index (χ1v) is 6.80. The molecule has 3 unspecified atom stereocenters. The monoisotopic (exact) mass is 271 g/mol. The number of hydrogen-bond acceptors (Lipinski definition) is 4. The number of hydrogen-bond donors (Lipinski definition) is 2. The third kappa shape index (κ3) is 5.16. The Morgan fingerprint density at radius 2 is 1.68 bits per heavy atom. The maximum absolute atomic E-state index is 12.0. The molecule has 1 rings (SSSR count). The minimum absolute atomic E-state index is 0.00605. The molecule has 0 bridgehead atoms. The predicted molar refractivity (Wildman–Crippen MR) is 72.9 cm³/mol.